The second-order valence-electron chi connectivity index (χ2n) is 4.40. The largest absolute Gasteiger partial charge is 0.354 e. The molecule has 0 atom stereocenters. The first-order valence-electron chi connectivity index (χ1n) is 4.55. The van der Waals surface area contributed by atoms with Crippen LogP contribution in [0.4, 0.5) is 0 Å². The molecular formula is C9H19NO3S. The van der Waals surface area contributed by atoms with Gasteiger partial charge >= 0.3 is 0 Å². The van der Waals surface area contributed by atoms with Crippen LogP contribution in [0.1, 0.15) is 27.7 Å². The number of sulfone groups is 1. The summed E-state index contributed by atoms with van der Waals surface area (Å²) in [7, 11) is -3.14. The van der Waals surface area contributed by atoms with Gasteiger partial charge in [-0.25, -0.2) is 8.42 Å². The van der Waals surface area contributed by atoms with Gasteiger partial charge in [0.2, 0.25) is 5.91 Å². The van der Waals surface area contributed by atoms with Crippen LogP contribution in [0.3, 0.4) is 0 Å². The summed E-state index contributed by atoms with van der Waals surface area (Å²) in [5.74, 6) is -0.243. The lowest BCUT2D eigenvalue weighted by molar-refractivity contribution is -0.124. The first-order chi connectivity index (χ1) is 6.08. The third-order valence-electron chi connectivity index (χ3n) is 2.22. The minimum absolute atomic E-state index is 0.120. The third-order valence-corrected chi connectivity index (χ3v) is 4.37. The number of hydrogen-bond acceptors (Lipinski definition) is 3. The number of rotatable bonds is 4. The molecule has 0 bridgehead atoms. The summed E-state index contributed by atoms with van der Waals surface area (Å²) in [5, 5.41) is 2.61. The van der Waals surface area contributed by atoms with E-state index in [9.17, 15) is 13.2 Å². The molecule has 14 heavy (non-hydrogen) atoms. The molecular weight excluding hydrogens is 202 g/mol. The van der Waals surface area contributed by atoms with Crippen LogP contribution < -0.4 is 5.32 Å². The normalized spacial score (nSPS) is 13.0. The molecule has 1 N–H and O–H groups in total. The van der Waals surface area contributed by atoms with Crippen LogP contribution in [0.2, 0.25) is 0 Å². The van der Waals surface area contributed by atoms with Gasteiger partial charge < -0.3 is 5.32 Å². The van der Waals surface area contributed by atoms with E-state index in [1.807, 2.05) is 0 Å². The summed E-state index contributed by atoms with van der Waals surface area (Å²) in [6, 6.07) is 0. The first-order valence-corrected chi connectivity index (χ1v) is 6.44. The zero-order chi connectivity index (χ0) is 11.6. The Bertz CT molecular complexity index is 304. The molecule has 0 aromatic rings. The highest BCUT2D eigenvalue weighted by Crippen LogP contribution is 2.13. The van der Waals surface area contributed by atoms with Crippen LogP contribution in [0.15, 0.2) is 0 Å². The third kappa shape index (κ3) is 3.65. The first kappa shape index (κ1) is 13.4. The summed E-state index contributed by atoms with van der Waals surface area (Å²) in [6.45, 7) is 6.89. The number of nitrogens with one attached hydrogen (secondary N) is 1. The van der Waals surface area contributed by atoms with Crippen LogP contribution in [0, 0.1) is 5.92 Å². The zero-order valence-corrected chi connectivity index (χ0v) is 10.2. The molecule has 0 rings (SSSR count). The fourth-order valence-corrected chi connectivity index (χ4v) is 0.970. The standard InChI is InChI=1S/C9H19NO3S/c1-7(2)8(11)10-6-9(3,4)14(5,12)13/h7H,6H2,1-5H3,(H,10,11). The van der Waals surface area contributed by atoms with Gasteiger partial charge in [-0.1, -0.05) is 13.8 Å². The molecule has 0 fully saturated rings. The average Bonchev–Trinajstić information content (AvgIpc) is 1.97. The zero-order valence-electron chi connectivity index (χ0n) is 9.42. The lowest BCUT2D eigenvalue weighted by Crippen LogP contribution is -2.44. The summed E-state index contributed by atoms with van der Waals surface area (Å²) < 4.78 is 21.7. The van der Waals surface area contributed by atoms with Crippen molar-refractivity contribution in [2.75, 3.05) is 12.8 Å². The van der Waals surface area contributed by atoms with Gasteiger partial charge in [-0.2, -0.15) is 0 Å². The van der Waals surface area contributed by atoms with E-state index in [-0.39, 0.29) is 18.4 Å². The van der Waals surface area contributed by atoms with E-state index in [1.54, 1.807) is 27.7 Å². The van der Waals surface area contributed by atoms with Crippen LogP contribution >= 0.6 is 0 Å². The fraction of sp³-hybridized carbons (Fsp3) is 0.889. The number of carbonyl (C=O) groups is 1. The number of amides is 1. The van der Waals surface area contributed by atoms with Gasteiger partial charge in [0.05, 0.1) is 4.75 Å². The maximum absolute atomic E-state index is 11.3. The van der Waals surface area contributed by atoms with E-state index in [0.717, 1.165) is 0 Å². The van der Waals surface area contributed by atoms with E-state index >= 15 is 0 Å². The summed E-state index contributed by atoms with van der Waals surface area (Å²) in [6.07, 6.45) is 1.18. The Morgan fingerprint density at radius 1 is 1.36 bits per heavy atom. The highest BCUT2D eigenvalue weighted by atomic mass is 32.2. The minimum atomic E-state index is -3.14. The monoisotopic (exact) mass is 221 g/mol. The minimum Gasteiger partial charge on any atom is -0.354 e. The molecule has 0 saturated heterocycles. The molecule has 0 unspecified atom stereocenters. The van der Waals surface area contributed by atoms with Crippen molar-refractivity contribution in [1.29, 1.82) is 0 Å². The van der Waals surface area contributed by atoms with Crippen LogP contribution in [-0.4, -0.2) is 31.9 Å². The molecule has 0 spiro atoms. The highest BCUT2D eigenvalue weighted by Gasteiger charge is 2.30. The predicted octanol–water partition coefficient (Wildman–Crippen LogP) is 0.582. The van der Waals surface area contributed by atoms with Crippen molar-refractivity contribution in [3.05, 3.63) is 0 Å². The van der Waals surface area contributed by atoms with Gasteiger partial charge in [-0.15, -0.1) is 0 Å². The van der Waals surface area contributed by atoms with Gasteiger partial charge in [-0.05, 0) is 13.8 Å². The second kappa shape index (κ2) is 4.29. The molecule has 1 amide bonds. The van der Waals surface area contributed by atoms with E-state index in [1.165, 1.54) is 6.26 Å². The molecule has 0 radical (unpaired) electrons. The predicted molar refractivity (Wildman–Crippen MR) is 56.8 cm³/mol. The molecule has 0 aliphatic rings. The Labute approximate surface area is 86.0 Å². The van der Waals surface area contributed by atoms with Crippen molar-refractivity contribution in [3.8, 4) is 0 Å². The maximum atomic E-state index is 11.3. The van der Waals surface area contributed by atoms with Crippen molar-refractivity contribution >= 4 is 15.7 Å². The fourth-order valence-electron chi connectivity index (χ4n) is 0.635. The number of carbonyl (C=O) groups excluding carboxylic acids is 1. The molecule has 0 saturated carbocycles. The lowest BCUT2D eigenvalue weighted by atomic mass is 10.1. The van der Waals surface area contributed by atoms with Crippen LogP contribution in [-0.2, 0) is 14.6 Å². The van der Waals surface area contributed by atoms with Crippen molar-refractivity contribution in [1.82, 2.24) is 5.32 Å². The van der Waals surface area contributed by atoms with Gasteiger partial charge in [0.1, 0.15) is 0 Å². The summed E-state index contributed by atoms with van der Waals surface area (Å²) in [5.41, 5.74) is 0. The molecule has 0 aliphatic carbocycles. The Balaban J connectivity index is 4.35. The molecule has 0 aliphatic heterocycles. The van der Waals surface area contributed by atoms with Crippen molar-refractivity contribution in [2.24, 2.45) is 5.92 Å². The Hall–Kier alpha value is -0.580. The van der Waals surface area contributed by atoms with E-state index in [2.05, 4.69) is 5.32 Å². The number of hydrogen-bond donors (Lipinski definition) is 1. The van der Waals surface area contributed by atoms with Gasteiger partial charge in [0.15, 0.2) is 9.84 Å². The average molecular weight is 221 g/mol. The topological polar surface area (TPSA) is 63.2 Å². The maximum Gasteiger partial charge on any atom is 0.222 e. The molecule has 84 valence electrons. The highest BCUT2D eigenvalue weighted by molar-refractivity contribution is 7.92. The Morgan fingerprint density at radius 3 is 2.07 bits per heavy atom. The smallest absolute Gasteiger partial charge is 0.222 e. The Morgan fingerprint density at radius 2 is 1.79 bits per heavy atom. The molecule has 0 aromatic heterocycles. The van der Waals surface area contributed by atoms with E-state index < -0.39 is 14.6 Å². The molecule has 0 aromatic carbocycles. The second-order valence-corrected chi connectivity index (χ2v) is 7.05. The van der Waals surface area contributed by atoms with Crippen molar-refractivity contribution in [2.45, 2.75) is 32.4 Å². The van der Waals surface area contributed by atoms with Gasteiger partial charge in [0, 0.05) is 18.7 Å². The van der Waals surface area contributed by atoms with Crippen LogP contribution in [0.25, 0.3) is 0 Å². The Kier molecular flexibility index (Phi) is 4.12. The van der Waals surface area contributed by atoms with Crippen molar-refractivity contribution < 1.29 is 13.2 Å². The summed E-state index contributed by atoms with van der Waals surface area (Å²) >= 11 is 0. The summed E-state index contributed by atoms with van der Waals surface area (Å²) in [4.78, 5) is 11.2. The van der Waals surface area contributed by atoms with Crippen LogP contribution in [0.5, 0.6) is 0 Å². The van der Waals surface area contributed by atoms with Gasteiger partial charge in [0.25, 0.3) is 0 Å². The lowest BCUT2D eigenvalue weighted by Gasteiger charge is -2.23. The quantitative estimate of drug-likeness (QED) is 0.755. The SMILES string of the molecule is CC(C)C(=O)NCC(C)(C)S(C)(=O)=O. The molecule has 0 heterocycles. The molecule has 5 heteroatoms. The van der Waals surface area contributed by atoms with Crippen molar-refractivity contribution in [3.63, 3.8) is 0 Å². The van der Waals surface area contributed by atoms with Gasteiger partial charge in [-0.3, -0.25) is 4.79 Å². The van der Waals surface area contributed by atoms with E-state index in [4.69, 9.17) is 0 Å². The molecule has 4 nitrogen and oxygen atoms in total. The van der Waals surface area contributed by atoms with E-state index in [0.29, 0.717) is 0 Å².